The lowest BCUT2D eigenvalue weighted by Crippen LogP contribution is -2.48. The molecule has 0 fully saturated rings. The van der Waals surface area contributed by atoms with Crippen molar-refractivity contribution in [2.75, 3.05) is 50.2 Å². The molecule has 0 spiro atoms. The summed E-state index contributed by atoms with van der Waals surface area (Å²) in [4.78, 5) is 33.9. The molecular formula is C24H28N4O5. The number of hydrogen-bond acceptors (Lipinski definition) is 7. The van der Waals surface area contributed by atoms with Crippen molar-refractivity contribution in [3.8, 4) is 17.2 Å². The summed E-state index contributed by atoms with van der Waals surface area (Å²) in [5, 5.41) is 2.88. The summed E-state index contributed by atoms with van der Waals surface area (Å²) in [6.45, 7) is 8.23. The largest absolute Gasteiger partial charge is 0.490 e. The Labute approximate surface area is 192 Å². The Balaban J connectivity index is 1.64. The van der Waals surface area contributed by atoms with Crippen molar-refractivity contribution in [2.45, 2.75) is 20.8 Å². The first-order chi connectivity index (χ1) is 16.0. The number of guanidine groups is 1. The molecule has 0 radical (unpaired) electrons. The molecule has 2 heterocycles. The Morgan fingerprint density at radius 1 is 1.03 bits per heavy atom. The molecule has 33 heavy (non-hydrogen) atoms. The molecule has 0 aliphatic carbocycles. The van der Waals surface area contributed by atoms with Crippen LogP contribution in [0.4, 0.5) is 11.4 Å². The molecule has 2 aromatic carbocycles. The smallest absolute Gasteiger partial charge is 0.262 e. The second kappa shape index (κ2) is 9.40. The Morgan fingerprint density at radius 3 is 2.33 bits per heavy atom. The molecule has 2 amide bonds. The van der Waals surface area contributed by atoms with Crippen LogP contribution in [-0.2, 0) is 0 Å². The van der Waals surface area contributed by atoms with Crippen molar-refractivity contribution in [2.24, 2.45) is 4.99 Å². The molecule has 0 saturated heterocycles. The number of anilines is 2. The Hall–Kier alpha value is -3.75. The topological polar surface area (TPSA) is 92.7 Å². The molecule has 0 bridgehead atoms. The third-order valence-electron chi connectivity index (χ3n) is 5.37. The van der Waals surface area contributed by atoms with E-state index in [2.05, 4.69) is 10.3 Å². The maximum absolute atomic E-state index is 13.1. The number of rotatable bonds is 8. The summed E-state index contributed by atoms with van der Waals surface area (Å²) in [6, 6.07) is 8.59. The van der Waals surface area contributed by atoms with Gasteiger partial charge < -0.3 is 24.4 Å². The number of nitrogens with zero attached hydrogens (tertiary/aromatic N) is 3. The summed E-state index contributed by atoms with van der Waals surface area (Å²) < 4.78 is 17.1. The Bertz CT molecular complexity index is 1090. The van der Waals surface area contributed by atoms with Crippen molar-refractivity contribution in [1.82, 2.24) is 4.90 Å². The molecule has 9 heteroatoms. The van der Waals surface area contributed by atoms with Crippen LogP contribution in [0.1, 0.15) is 41.5 Å². The van der Waals surface area contributed by atoms with Crippen LogP contribution in [0.3, 0.4) is 0 Å². The minimum atomic E-state index is -0.347. The zero-order valence-corrected chi connectivity index (χ0v) is 19.3. The molecule has 2 aliphatic rings. The van der Waals surface area contributed by atoms with Gasteiger partial charge in [-0.3, -0.25) is 19.5 Å². The number of ether oxygens (including phenoxy) is 3. The van der Waals surface area contributed by atoms with Crippen LogP contribution in [0.5, 0.6) is 17.2 Å². The van der Waals surface area contributed by atoms with Gasteiger partial charge in [-0.1, -0.05) is 0 Å². The molecule has 174 valence electrons. The maximum Gasteiger partial charge on any atom is 0.262 e. The van der Waals surface area contributed by atoms with Crippen molar-refractivity contribution in [3.63, 3.8) is 0 Å². The lowest BCUT2D eigenvalue weighted by molar-refractivity contribution is 0.0865. The van der Waals surface area contributed by atoms with Crippen molar-refractivity contribution in [3.05, 3.63) is 41.5 Å². The van der Waals surface area contributed by atoms with E-state index in [1.165, 1.54) is 4.90 Å². The summed E-state index contributed by atoms with van der Waals surface area (Å²) in [6.07, 6.45) is 0. The molecule has 0 saturated carbocycles. The molecule has 2 aliphatic heterocycles. The highest BCUT2D eigenvalue weighted by atomic mass is 16.5. The highest BCUT2D eigenvalue weighted by molar-refractivity contribution is 6.19. The fourth-order valence-corrected chi connectivity index (χ4v) is 3.97. The second-order valence-electron chi connectivity index (χ2n) is 7.48. The van der Waals surface area contributed by atoms with E-state index in [9.17, 15) is 9.59 Å². The highest BCUT2D eigenvalue weighted by Gasteiger charge is 2.35. The SMILES string of the molecule is CCOc1cc(C(=O)Nc2ccc3c(c2)C(=O)N(C)C2=NCCN23)cc(OCC)c1OCC. The third-order valence-corrected chi connectivity index (χ3v) is 5.37. The summed E-state index contributed by atoms with van der Waals surface area (Å²) in [5.74, 6) is 1.52. The first-order valence-electron chi connectivity index (χ1n) is 11.1. The monoisotopic (exact) mass is 452 g/mol. The first kappa shape index (κ1) is 22.4. The average molecular weight is 453 g/mol. The van der Waals surface area contributed by atoms with Gasteiger partial charge in [0.05, 0.1) is 37.6 Å². The number of hydrogen-bond donors (Lipinski definition) is 1. The minimum Gasteiger partial charge on any atom is -0.490 e. The zero-order valence-electron chi connectivity index (χ0n) is 19.3. The van der Waals surface area contributed by atoms with Crippen molar-refractivity contribution in [1.29, 1.82) is 0 Å². The number of carbonyl (C=O) groups is 2. The molecule has 0 atom stereocenters. The van der Waals surface area contributed by atoms with E-state index in [1.807, 2.05) is 31.7 Å². The fourth-order valence-electron chi connectivity index (χ4n) is 3.97. The quantitative estimate of drug-likeness (QED) is 0.660. The number of carbonyl (C=O) groups excluding carboxylic acids is 2. The van der Waals surface area contributed by atoms with Crippen LogP contribution in [0, 0.1) is 0 Å². The first-order valence-corrected chi connectivity index (χ1v) is 11.1. The van der Waals surface area contributed by atoms with Crippen LogP contribution >= 0.6 is 0 Å². The highest BCUT2D eigenvalue weighted by Crippen LogP contribution is 2.39. The summed E-state index contributed by atoms with van der Waals surface area (Å²) >= 11 is 0. The molecule has 0 aromatic heterocycles. The van der Waals surface area contributed by atoms with Gasteiger partial charge in [-0.15, -0.1) is 0 Å². The predicted molar refractivity (Wildman–Crippen MR) is 126 cm³/mol. The van der Waals surface area contributed by atoms with Gasteiger partial charge in [0, 0.05) is 24.8 Å². The van der Waals surface area contributed by atoms with E-state index in [1.54, 1.807) is 31.3 Å². The van der Waals surface area contributed by atoms with Gasteiger partial charge >= 0.3 is 0 Å². The molecular weight excluding hydrogens is 424 g/mol. The van der Waals surface area contributed by atoms with E-state index in [-0.39, 0.29) is 11.8 Å². The molecule has 0 unspecified atom stereocenters. The van der Waals surface area contributed by atoms with Crippen LogP contribution in [0.25, 0.3) is 0 Å². The van der Waals surface area contributed by atoms with E-state index < -0.39 is 0 Å². The van der Waals surface area contributed by atoms with Gasteiger partial charge in [-0.2, -0.15) is 0 Å². The van der Waals surface area contributed by atoms with Crippen LogP contribution in [-0.4, -0.2) is 62.6 Å². The number of fused-ring (bicyclic) bond motifs is 3. The predicted octanol–water partition coefficient (Wildman–Crippen LogP) is 3.40. The van der Waals surface area contributed by atoms with Gasteiger partial charge in [0.25, 0.3) is 11.8 Å². The molecule has 2 aromatic rings. The van der Waals surface area contributed by atoms with E-state index >= 15 is 0 Å². The zero-order chi connectivity index (χ0) is 23.5. The minimum absolute atomic E-state index is 0.156. The number of amides is 2. The van der Waals surface area contributed by atoms with Crippen molar-refractivity contribution >= 4 is 29.1 Å². The van der Waals surface area contributed by atoms with Gasteiger partial charge in [-0.25, -0.2) is 0 Å². The number of nitrogens with one attached hydrogen (secondary N) is 1. The van der Waals surface area contributed by atoms with Gasteiger partial charge in [0.1, 0.15) is 0 Å². The maximum atomic E-state index is 13.1. The van der Waals surface area contributed by atoms with Gasteiger partial charge in [-0.05, 0) is 51.1 Å². The summed E-state index contributed by atoms with van der Waals surface area (Å²) in [5.41, 5.74) is 2.20. The van der Waals surface area contributed by atoms with Crippen molar-refractivity contribution < 1.29 is 23.8 Å². The van der Waals surface area contributed by atoms with Crippen LogP contribution in [0.2, 0.25) is 0 Å². The number of aliphatic imine (C=N–C) groups is 1. The van der Waals surface area contributed by atoms with E-state index in [0.717, 1.165) is 12.2 Å². The molecule has 1 N–H and O–H groups in total. The van der Waals surface area contributed by atoms with E-state index in [0.29, 0.717) is 66.4 Å². The third kappa shape index (κ3) is 4.18. The van der Waals surface area contributed by atoms with Crippen LogP contribution in [0.15, 0.2) is 35.3 Å². The lowest BCUT2D eigenvalue weighted by atomic mass is 10.1. The fraction of sp³-hybridized carbons (Fsp3) is 0.375. The number of benzene rings is 2. The average Bonchev–Trinajstić information content (AvgIpc) is 3.30. The summed E-state index contributed by atoms with van der Waals surface area (Å²) in [7, 11) is 1.71. The van der Waals surface area contributed by atoms with Gasteiger partial charge in [0.2, 0.25) is 11.7 Å². The molecule has 4 rings (SSSR count). The Kier molecular flexibility index (Phi) is 6.39. The lowest BCUT2D eigenvalue weighted by Gasteiger charge is -2.33. The van der Waals surface area contributed by atoms with E-state index in [4.69, 9.17) is 14.2 Å². The normalized spacial score (nSPS) is 14.4. The van der Waals surface area contributed by atoms with Gasteiger partial charge in [0.15, 0.2) is 11.5 Å². The standard InChI is InChI=1S/C24H28N4O5/c1-5-31-19-12-15(13-20(32-6-2)21(19)33-7-3)22(29)26-16-8-9-18-17(14-16)23(30)27(4)24-25-10-11-28(18)24/h8-9,12-14H,5-7,10-11H2,1-4H3,(H,26,29). The van der Waals surface area contributed by atoms with Crippen LogP contribution < -0.4 is 24.4 Å². The molecule has 9 nitrogen and oxygen atoms in total. The second-order valence-corrected chi connectivity index (χ2v) is 7.48. The Morgan fingerprint density at radius 2 is 1.70 bits per heavy atom.